The van der Waals surface area contributed by atoms with Crippen molar-refractivity contribution in [2.24, 2.45) is 5.10 Å². The Bertz CT molecular complexity index is 1200. The summed E-state index contributed by atoms with van der Waals surface area (Å²) in [5.41, 5.74) is 3.68. The van der Waals surface area contributed by atoms with Gasteiger partial charge in [-0.3, -0.25) is 0 Å². The minimum absolute atomic E-state index is 0.0139. The molecule has 3 aliphatic rings. The first-order chi connectivity index (χ1) is 14.7. The van der Waals surface area contributed by atoms with Crippen LogP contribution >= 0.6 is 15.9 Å². The second-order valence-electron chi connectivity index (χ2n) is 7.42. The Balaban J connectivity index is 1.44. The Labute approximate surface area is 180 Å². The number of fused-ring (bicyclic) bond motifs is 4. The quantitative estimate of drug-likeness (QED) is 0.495. The molecule has 0 fully saturated rings. The van der Waals surface area contributed by atoms with E-state index in [0.29, 0.717) is 6.42 Å². The summed E-state index contributed by atoms with van der Waals surface area (Å²) in [7, 11) is 0. The fraction of sp³-hybridized carbons (Fsp3) is 0.174. The smallest absolute Gasteiger partial charge is 0.231 e. The van der Waals surface area contributed by atoms with E-state index in [0.717, 1.165) is 44.1 Å². The van der Waals surface area contributed by atoms with E-state index in [9.17, 15) is 4.39 Å². The van der Waals surface area contributed by atoms with Crippen LogP contribution in [0.5, 0.6) is 17.2 Å². The Kier molecular flexibility index (Phi) is 3.99. The van der Waals surface area contributed by atoms with Gasteiger partial charge in [0.15, 0.2) is 11.5 Å². The summed E-state index contributed by atoms with van der Waals surface area (Å²) in [6.07, 6.45) is 0.198. The van der Waals surface area contributed by atoms with Crippen LogP contribution in [-0.2, 0) is 0 Å². The lowest BCUT2D eigenvalue weighted by Gasteiger charge is -2.38. The van der Waals surface area contributed by atoms with Gasteiger partial charge in [0.1, 0.15) is 11.6 Å². The van der Waals surface area contributed by atoms with Crippen LogP contribution in [0, 0.1) is 5.82 Å². The van der Waals surface area contributed by atoms with Crippen molar-refractivity contribution < 1.29 is 18.6 Å². The molecular weight excluding hydrogens is 451 g/mol. The van der Waals surface area contributed by atoms with Crippen LogP contribution < -0.4 is 14.2 Å². The number of halogens is 2. The third-order valence-corrected chi connectivity index (χ3v) is 6.08. The van der Waals surface area contributed by atoms with Crippen LogP contribution in [0.25, 0.3) is 0 Å². The minimum atomic E-state index is -0.508. The fourth-order valence-corrected chi connectivity index (χ4v) is 4.57. The molecule has 3 aromatic carbocycles. The third-order valence-electron chi connectivity index (χ3n) is 5.59. The predicted octanol–water partition coefficient (Wildman–Crippen LogP) is 5.56. The lowest BCUT2D eigenvalue weighted by atomic mass is 9.96. The number of ether oxygens (including phenoxy) is 3. The molecule has 0 spiro atoms. The molecule has 6 rings (SSSR count). The van der Waals surface area contributed by atoms with Gasteiger partial charge in [-0.1, -0.05) is 28.1 Å². The largest absolute Gasteiger partial charge is 0.464 e. The van der Waals surface area contributed by atoms with Gasteiger partial charge in [-0.25, -0.2) is 9.40 Å². The Morgan fingerprint density at radius 1 is 0.967 bits per heavy atom. The van der Waals surface area contributed by atoms with Crippen molar-refractivity contribution in [3.05, 3.63) is 87.6 Å². The van der Waals surface area contributed by atoms with Crippen molar-refractivity contribution in [3.8, 4) is 17.2 Å². The molecule has 7 heteroatoms. The third kappa shape index (κ3) is 2.84. The standard InChI is InChI=1S/C23H16BrFN2O3/c24-15-5-7-20-17(10-15)19-11-18(13-4-6-21-22(9-13)29-12-28-21)26-27(19)23(30-20)14-2-1-3-16(25)8-14/h1-10,19,23H,11-12H2/t19-,23+/m1/s1. The topological polar surface area (TPSA) is 43.3 Å². The zero-order valence-corrected chi connectivity index (χ0v) is 17.3. The van der Waals surface area contributed by atoms with Crippen LogP contribution in [0.15, 0.2) is 70.2 Å². The summed E-state index contributed by atoms with van der Waals surface area (Å²) < 4.78 is 32.2. The van der Waals surface area contributed by atoms with Crippen LogP contribution in [-0.4, -0.2) is 17.5 Å². The second-order valence-corrected chi connectivity index (χ2v) is 8.34. The first kappa shape index (κ1) is 17.8. The molecule has 0 saturated carbocycles. The summed E-state index contributed by atoms with van der Waals surface area (Å²) >= 11 is 3.56. The number of hydrogen-bond acceptors (Lipinski definition) is 5. The van der Waals surface area contributed by atoms with Gasteiger partial charge < -0.3 is 14.2 Å². The number of benzene rings is 3. The highest BCUT2D eigenvalue weighted by atomic mass is 79.9. The van der Waals surface area contributed by atoms with E-state index in [1.807, 2.05) is 41.4 Å². The molecule has 5 nitrogen and oxygen atoms in total. The molecule has 0 bridgehead atoms. The predicted molar refractivity (Wildman–Crippen MR) is 112 cm³/mol. The van der Waals surface area contributed by atoms with Crippen LogP contribution in [0.1, 0.15) is 35.4 Å². The number of hydrazone groups is 1. The first-order valence-corrected chi connectivity index (χ1v) is 10.4. The van der Waals surface area contributed by atoms with E-state index in [-0.39, 0.29) is 18.7 Å². The van der Waals surface area contributed by atoms with Gasteiger partial charge in [-0.15, -0.1) is 0 Å². The van der Waals surface area contributed by atoms with Crippen molar-refractivity contribution in [1.82, 2.24) is 5.01 Å². The van der Waals surface area contributed by atoms with Gasteiger partial charge in [-0.05, 0) is 48.5 Å². The van der Waals surface area contributed by atoms with E-state index in [1.54, 1.807) is 6.07 Å². The lowest BCUT2D eigenvalue weighted by Crippen LogP contribution is -2.33. The number of hydrogen-bond donors (Lipinski definition) is 0. The molecule has 0 amide bonds. The van der Waals surface area contributed by atoms with Crippen molar-refractivity contribution in [2.75, 3.05) is 6.79 Å². The molecule has 3 aliphatic heterocycles. The highest BCUT2D eigenvalue weighted by molar-refractivity contribution is 9.10. The summed E-state index contributed by atoms with van der Waals surface area (Å²) in [5, 5.41) is 6.85. The molecule has 3 heterocycles. The summed E-state index contributed by atoms with van der Waals surface area (Å²) in [6.45, 7) is 0.233. The Morgan fingerprint density at radius 3 is 2.73 bits per heavy atom. The molecule has 0 unspecified atom stereocenters. The van der Waals surface area contributed by atoms with Crippen LogP contribution in [0.2, 0.25) is 0 Å². The lowest BCUT2D eigenvalue weighted by molar-refractivity contribution is -0.0192. The van der Waals surface area contributed by atoms with Gasteiger partial charge in [0.25, 0.3) is 0 Å². The molecule has 30 heavy (non-hydrogen) atoms. The van der Waals surface area contributed by atoms with E-state index < -0.39 is 6.23 Å². The maximum Gasteiger partial charge on any atom is 0.231 e. The maximum atomic E-state index is 13.9. The van der Waals surface area contributed by atoms with Crippen molar-refractivity contribution >= 4 is 21.6 Å². The molecule has 0 aliphatic carbocycles. The Hall–Kier alpha value is -3.06. The summed E-state index contributed by atoms with van der Waals surface area (Å²) in [6, 6.07) is 18.3. The van der Waals surface area contributed by atoms with Gasteiger partial charge in [0, 0.05) is 27.6 Å². The highest BCUT2D eigenvalue weighted by Gasteiger charge is 2.41. The van der Waals surface area contributed by atoms with Gasteiger partial charge in [-0.2, -0.15) is 5.10 Å². The maximum absolute atomic E-state index is 13.9. The monoisotopic (exact) mass is 466 g/mol. The molecule has 0 radical (unpaired) electrons. The normalized spacial score (nSPS) is 21.0. The van der Waals surface area contributed by atoms with Crippen LogP contribution in [0.3, 0.4) is 0 Å². The fourth-order valence-electron chi connectivity index (χ4n) is 4.19. The van der Waals surface area contributed by atoms with Crippen LogP contribution in [0.4, 0.5) is 4.39 Å². The molecule has 3 aromatic rings. The zero-order chi connectivity index (χ0) is 20.2. The van der Waals surface area contributed by atoms with Crippen molar-refractivity contribution in [1.29, 1.82) is 0 Å². The average Bonchev–Trinajstić information content (AvgIpc) is 3.40. The van der Waals surface area contributed by atoms with Crippen molar-refractivity contribution in [2.45, 2.75) is 18.7 Å². The highest BCUT2D eigenvalue weighted by Crippen LogP contribution is 2.48. The molecule has 2 atom stereocenters. The van der Waals surface area contributed by atoms with Gasteiger partial charge in [0.05, 0.1) is 11.8 Å². The number of rotatable bonds is 2. The summed E-state index contributed by atoms with van der Waals surface area (Å²) in [4.78, 5) is 0. The van der Waals surface area contributed by atoms with Crippen molar-refractivity contribution in [3.63, 3.8) is 0 Å². The van der Waals surface area contributed by atoms with Gasteiger partial charge in [0.2, 0.25) is 13.0 Å². The molecular formula is C23H16BrFN2O3. The molecule has 0 N–H and O–H groups in total. The van der Waals surface area contributed by atoms with E-state index in [2.05, 4.69) is 22.0 Å². The minimum Gasteiger partial charge on any atom is -0.464 e. The van der Waals surface area contributed by atoms with E-state index >= 15 is 0 Å². The van der Waals surface area contributed by atoms with E-state index in [4.69, 9.17) is 19.3 Å². The first-order valence-electron chi connectivity index (χ1n) is 9.63. The van der Waals surface area contributed by atoms with E-state index in [1.165, 1.54) is 12.1 Å². The van der Waals surface area contributed by atoms with Gasteiger partial charge >= 0.3 is 0 Å². The summed E-state index contributed by atoms with van der Waals surface area (Å²) in [5.74, 6) is 1.95. The molecule has 150 valence electrons. The zero-order valence-electron chi connectivity index (χ0n) is 15.7. The second kappa shape index (κ2) is 6.74. The Morgan fingerprint density at radius 2 is 1.83 bits per heavy atom. The molecule has 0 saturated heterocycles. The molecule has 0 aromatic heterocycles. The number of nitrogens with zero attached hydrogens (tertiary/aromatic N) is 2. The average molecular weight is 467 g/mol. The SMILES string of the molecule is Fc1cccc([C@@H]2Oc3ccc(Br)cc3[C@H]3CC(c4ccc5c(c4)OCO5)=NN32)c1.